The van der Waals surface area contributed by atoms with Crippen molar-refractivity contribution in [2.45, 2.75) is 6.92 Å². The van der Waals surface area contributed by atoms with E-state index in [0.29, 0.717) is 11.4 Å². The van der Waals surface area contributed by atoms with Crippen LogP contribution in [0.15, 0.2) is 22.9 Å². The number of thiophene rings is 1. The molecule has 0 spiro atoms. The van der Waals surface area contributed by atoms with Gasteiger partial charge in [-0.25, -0.2) is 4.98 Å². The Morgan fingerprint density at radius 1 is 1.39 bits per heavy atom. The van der Waals surface area contributed by atoms with Gasteiger partial charge in [-0.1, -0.05) is 11.3 Å². The van der Waals surface area contributed by atoms with E-state index in [9.17, 15) is 4.79 Å². The molecule has 0 saturated heterocycles. The summed E-state index contributed by atoms with van der Waals surface area (Å²) in [5.41, 5.74) is 1.97. The molecule has 0 aliphatic rings. The smallest absolute Gasteiger partial charge is 0.212 e. The van der Waals surface area contributed by atoms with Gasteiger partial charge in [0, 0.05) is 5.38 Å². The Balaban J connectivity index is 2.22. The number of carbonyl (C=O) groups is 1. The highest BCUT2D eigenvalue weighted by Crippen LogP contribution is 2.29. The molecule has 3 aromatic rings. The van der Waals surface area contributed by atoms with Gasteiger partial charge in [-0.3, -0.25) is 4.79 Å². The van der Waals surface area contributed by atoms with E-state index < -0.39 is 0 Å². The molecule has 0 unspecified atom stereocenters. The highest BCUT2D eigenvalue weighted by atomic mass is 32.1. The van der Waals surface area contributed by atoms with Crippen LogP contribution in [0.4, 0.5) is 0 Å². The molecule has 0 atom stereocenters. The molecule has 0 saturated carbocycles. The van der Waals surface area contributed by atoms with E-state index in [-0.39, 0.29) is 0 Å². The van der Waals surface area contributed by atoms with Gasteiger partial charge in [-0.05, 0) is 18.4 Å². The van der Waals surface area contributed by atoms with E-state index in [0.717, 1.165) is 22.0 Å². The predicted octanol–water partition coefficient (Wildman–Crippen LogP) is 2.57. The molecular formula is C11H8N4OS2. The molecule has 0 bridgehead atoms. The minimum atomic E-state index is 0.338. The molecular weight excluding hydrogens is 268 g/mol. The number of aryl methyl sites for hydroxylation is 1. The first kappa shape index (κ1) is 11.2. The van der Waals surface area contributed by atoms with Gasteiger partial charge >= 0.3 is 0 Å². The first-order valence-electron chi connectivity index (χ1n) is 5.17. The van der Waals surface area contributed by atoms with Gasteiger partial charge in [0.2, 0.25) is 5.13 Å². The monoisotopic (exact) mass is 276 g/mol. The normalized spacial score (nSPS) is 10.7. The molecule has 7 heteroatoms. The molecule has 90 valence electrons. The number of hydrogen-bond acceptors (Lipinski definition) is 6. The quantitative estimate of drug-likeness (QED) is 0.690. The number of hydrogen-bond donors (Lipinski definition) is 0. The first-order valence-corrected chi connectivity index (χ1v) is 6.93. The maximum absolute atomic E-state index is 11.0. The Bertz CT molecular complexity index is 684. The minimum absolute atomic E-state index is 0.338. The zero-order valence-electron chi connectivity index (χ0n) is 9.40. The van der Waals surface area contributed by atoms with Gasteiger partial charge in [0.1, 0.15) is 5.69 Å². The van der Waals surface area contributed by atoms with Crippen molar-refractivity contribution < 1.29 is 4.79 Å². The van der Waals surface area contributed by atoms with Crippen LogP contribution in [-0.4, -0.2) is 26.3 Å². The third-order valence-corrected chi connectivity index (χ3v) is 4.16. The fourth-order valence-electron chi connectivity index (χ4n) is 1.59. The second-order valence-electron chi connectivity index (χ2n) is 3.60. The predicted molar refractivity (Wildman–Crippen MR) is 70.5 cm³/mol. The molecule has 3 heterocycles. The van der Waals surface area contributed by atoms with Crippen LogP contribution in [0, 0.1) is 6.92 Å². The zero-order valence-corrected chi connectivity index (χ0v) is 11.0. The summed E-state index contributed by atoms with van der Waals surface area (Å²) in [6.07, 6.45) is 0.721. The number of carbonyl (C=O) groups excluding carboxylic acids is 1. The average molecular weight is 276 g/mol. The highest BCUT2D eigenvalue weighted by molar-refractivity contribution is 7.13. The summed E-state index contributed by atoms with van der Waals surface area (Å²) in [6, 6.07) is 3.87. The maximum Gasteiger partial charge on any atom is 0.212 e. The lowest BCUT2D eigenvalue weighted by Gasteiger charge is -2.00. The topological polar surface area (TPSA) is 60.7 Å². The first-order chi connectivity index (χ1) is 8.79. The van der Waals surface area contributed by atoms with Crippen molar-refractivity contribution in [2.24, 2.45) is 0 Å². The molecule has 3 rings (SSSR count). The van der Waals surface area contributed by atoms with E-state index in [2.05, 4.69) is 15.3 Å². The summed E-state index contributed by atoms with van der Waals surface area (Å²) >= 11 is 3.02. The molecule has 18 heavy (non-hydrogen) atoms. The van der Waals surface area contributed by atoms with Gasteiger partial charge in [0.25, 0.3) is 0 Å². The number of thiazole rings is 1. The largest absolute Gasteiger partial charge is 0.296 e. The van der Waals surface area contributed by atoms with Gasteiger partial charge < -0.3 is 0 Å². The minimum Gasteiger partial charge on any atom is -0.296 e. The van der Waals surface area contributed by atoms with Gasteiger partial charge in [-0.15, -0.1) is 27.8 Å². The Morgan fingerprint density at radius 2 is 2.28 bits per heavy atom. The molecule has 0 fully saturated rings. The highest BCUT2D eigenvalue weighted by Gasteiger charge is 2.18. The van der Waals surface area contributed by atoms with Crippen molar-refractivity contribution >= 4 is 29.0 Å². The van der Waals surface area contributed by atoms with Crippen LogP contribution >= 0.6 is 22.7 Å². The van der Waals surface area contributed by atoms with Crippen LogP contribution < -0.4 is 0 Å². The van der Waals surface area contributed by atoms with E-state index in [4.69, 9.17) is 0 Å². The van der Waals surface area contributed by atoms with Crippen molar-refractivity contribution in [1.82, 2.24) is 20.0 Å². The Morgan fingerprint density at radius 3 is 2.89 bits per heavy atom. The lowest BCUT2D eigenvalue weighted by atomic mass is 10.3. The summed E-state index contributed by atoms with van der Waals surface area (Å²) in [5, 5.41) is 12.5. The van der Waals surface area contributed by atoms with Crippen molar-refractivity contribution in [2.75, 3.05) is 0 Å². The van der Waals surface area contributed by atoms with E-state index >= 15 is 0 Å². The summed E-state index contributed by atoms with van der Waals surface area (Å²) in [7, 11) is 0. The lowest BCUT2D eigenvalue weighted by molar-refractivity contribution is 0.111. The number of aromatic nitrogens is 4. The summed E-state index contributed by atoms with van der Waals surface area (Å²) in [5.74, 6) is 0. The van der Waals surface area contributed by atoms with Crippen LogP contribution in [0.25, 0.3) is 15.7 Å². The van der Waals surface area contributed by atoms with Crippen molar-refractivity contribution in [3.8, 4) is 15.7 Å². The molecule has 5 nitrogen and oxygen atoms in total. The fourth-order valence-corrected chi connectivity index (χ4v) is 3.11. The van der Waals surface area contributed by atoms with Crippen molar-refractivity contribution in [3.63, 3.8) is 0 Å². The Hall–Kier alpha value is -1.86. The second kappa shape index (κ2) is 4.43. The number of nitrogens with zero attached hydrogens (tertiary/aromatic N) is 4. The number of rotatable bonds is 3. The summed E-state index contributed by atoms with van der Waals surface area (Å²) in [6.45, 7) is 1.92. The molecule has 0 N–H and O–H groups in total. The number of aldehydes is 1. The molecule has 0 aliphatic carbocycles. The van der Waals surface area contributed by atoms with Crippen LogP contribution in [0.2, 0.25) is 0 Å². The lowest BCUT2D eigenvalue weighted by Crippen LogP contribution is -1.98. The molecule has 0 radical (unpaired) electrons. The van der Waals surface area contributed by atoms with Gasteiger partial charge in [0.05, 0.1) is 10.6 Å². The summed E-state index contributed by atoms with van der Waals surface area (Å²) < 4.78 is 1.62. The van der Waals surface area contributed by atoms with Crippen molar-refractivity contribution in [1.29, 1.82) is 0 Å². The SMILES string of the molecule is Cc1csc(-n2nnc(C=O)c2-c2cccs2)n1. The average Bonchev–Trinajstić information content (AvgIpc) is 3.07. The maximum atomic E-state index is 11.0. The van der Waals surface area contributed by atoms with Crippen LogP contribution in [-0.2, 0) is 0 Å². The second-order valence-corrected chi connectivity index (χ2v) is 5.39. The zero-order chi connectivity index (χ0) is 12.5. The van der Waals surface area contributed by atoms with E-state index in [1.54, 1.807) is 16.0 Å². The fraction of sp³-hybridized carbons (Fsp3) is 0.0909. The van der Waals surface area contributed by atoms with Gasteiger partial charge in [0.15, 0.2) is 12.0 Å². The Kier molecular flexibility index (Phi) is 2.77. The summed E-state index contributed by atoms with van der Waals surface area (Å²) in [4.78, 5) is 16.4. The Labute approximate surface area is 111 Å². The third-order valence-electron chi connectivity index (χ3n) is 2.35. The molecule has 0 aromatic carbocycles. The van der Waals surface area contributed by atoms with E-state index in [1.165, 1.54) is 11.3 Å². The molecule has 0 aliphatic heterocycles. The van der Waals surface area contributed by atoms with Crippen molar-refractivity contribution in [3.05, 3.63) is 34.3 Å². The van der Waals surface area contributed by atoms with E-state index in [1.807, 2.05) is 29.8 Å². The third kappa shape index (κ3) is 1.77. The molecule has 3 aromatic heterocycles. The van der Waals surface area contributed by atoms with Crippen LogP contribution in [0.1, 0.15) is 16.2 Å². The van der Waals surface area contributed by atoms with Crippen LogP contribution in [0.5, 0.6) is 0 Å². The van der Waals surface area contributed by atoms with Crippen LogP contribution in [0.3, 0.4) is 0 Å². The van der Waals surface area contributed by atoms with Gasteiger partial charge in [-0.2, -0.15) is 4.68 Å². The molecule has 0 amide bonds. The standard InChI is InChI=1S/C11H8N4OS2/c1-7-6-18-11(12-7)15-10(8(5-16)13-14-15)9-3-2-4-17-9/h2-6H,1H3.